The Kier molecular flexibility index (Phi) is 4.61. The first-order chi connectivity index (χ1) is 8.70. The molecular formula is C15H23NO2. The number of methoxy groups -OCH3 is 1. The lowest BCUT2D eigenvalue weighted by Crippen LogP contribution is -2.33. The molecule has 1 aliphatic rings. The van der Waals surface area contributed by atoms with Crippen molar-refractivity contribution in [1.29, 1.82) is 0 Å². The van der Waals surface area contributed by atoms with Gasteiger partial charge in [-0.05, 0) is 37.6 Å². The second kappa shape index (κ2) is 6.21. The van der Waals surface area contributed by atoms with Gasteiger partial charge in [0.25, 0.3) is 0 Å². The molecular weight excluding hydrogens is 226 g/mol. The van der Waals surface area contributed by atoms with Crippen LogP contribution in [0.5, 0.6) is 5.75 Å². The number of hydrogen-bond acceptors (Lipinski definition) is 3. The minimum absolute atomic E-state index is 0.415. The predicted molar refractivity (Wildman–Crippen MR) is 72.8 cm³/mol. The summed E-state index contributed by atoms with van der Waals surface area (Å²) in [6.45, 7) is 0.705. The molecule has 3 nitrogen and oxygen atoms in total. The number of benzene rings is 1. The molecule has 2 rings (SSSR count). The molecule has 0 aromatic heterocycles. The Morgan fingerprint density at radius 3 is 2.44 bits per heavy atom. The summed E-state index contributed by atoms with van der Waals surface area (Å²) in [5.74, 6) is 0.829. The van der Waals surface area contributed by atoms with E-state index in [4.69, 9.17) is 4.74 Å². The number of ether oxygens (including phenoxy) is 1. The van der Waals surface area contributed by atoms with Gasteiger partial charge in [-0.3, -0.25) is 0 Å². The fraction of sp³-hybridized carbons (Fsp3) is 0.600. The van der Waals surface area contributed by atoms with Crippen LogP contribution in [0, 0.1) is 0 Å². The Bertz CT molecular complexity index is 357. The third-order valence-corrected chi connectivity index (χ3v) is 3.91. The van der Waals surface area contributed by atoms with Crippen molar-refractivity contribution in [3.05, 3.63) is 29.8 Å². The van der Waals surface area contributed by atoms with Gasteiger partial charge in [0.15, 0.2) is 0 Å². The summed E-state index contributed by atoms with van der Waals surface area (Å²) in [6, 6.07) is 8.32. The van der Waals surface area contributed by atoms with Gasteiger partial charge in [0.1, 0.15) is 5.75 Å². The van der Waals surface area contributed by atoms with Gasteiger partial charge in [-0.15, -0.1) is 0 Å². The molecule has 1 unspecified atom stereocenters. The van der Waals surface area contributed by atoms with Gasteiger partial charge in [0.05, 0.1) is 13.2 Å². The molecule has 0 heterocycles. The molecule has 0 bridgehead atoms. The van der Waals surface area contributed by atoms with Gasteiger partial charge in [0, 0.05) is 12.6 Å². The van der Waals surface area contributed by atoms with Crippen LogP contribution < -0.4 is 4.74 Å². The van der Waals surface area contributed by atoms with Gasteiger partial charge in [-0.25, -0.2) is 0 Å². The van der Waals surface area contributed by atoms with Gasteiger partial charge < -0.3 is 14.7 Å². The summed E-state index contributed by atoms with van der Waals surface area (Å²) in [7, 11) is 3.77. The first kappa shape index (κ1) is 13.4. The summed E-state index contributed by atoms with van der Waals surface area (Å²) >= 11 is 0. The standard InChI is InChI=1S/C15H23NO2/c1-16(13-5-3-4-6-13)11-15(17)12-7-9-14(18-2)10-8-12/h7-10,13,15,17H,3-6,11H2,1-2H3. The maximum Gasteiger partial charge on any atom is 0.118 e. The van der Waals surface area contributed by atoms with Crippen molar-refractivity contribution in [1.82, 2.24) is 4.90 Å². The number of likely N-dealkylation sites (N-methyl/N-ethyl adjacent to an activating group) is 1. The monoisotopic (exact) mass is 249 g/mol. The van der Waals surface area contributed by atoms with E-state index in [1.807, 2.05) is 24.3 Å². The fourth-order valence-electron chi connectivity index (χ4n) is 2.70. The summed E-state index contributed by atoms with van der Waals surface area (Å²) in [5, 5.41) is 10.2. The lowest BCUT2D eigenvalue weighted by molar-refractivity contribution is 0.105. The van der Waals surface area contributed by atoms with Crippen LogP contribution in [0.1, 0.15) is 37.4 Å². The van der Waals surface area contributed by atoms with Gasteiger partial charge in [0.2, 0.25) is 0 Å². The number of aliphatic hydroxyl groups is 1. The SMILES string of the molecule is COc1ccc(C(O)CN(C)C2CCCC2)cc1. The summed E-state index contributed by atoms with van der Waals surface area (Å²) < 4.78 is 5.12. The molecule has 1 atom stereocenters. The molecule has 0 radical (unpaired) electrons. The van der Waals surface area contributed by atoms with Crippen molar-refractivity contribution in [2.24, 2.45) is 0 Å². The number of nitrogens with zero attached hydrogens (tertiary/aromatic N) is 1. The van der Waals surface area contributed by atoms with Gasteiger partial charge in [-0.1, -0.05) is 25.0 Å². The first-order valence-electron chi connectivity index (χ1n) is 6.73. The third kappa shape index (κ3) is 3.24. The highest BCUT2D eigenvalue weighted by Crippen LogP contribution is 2.25. The predicted octanol–water partition coefficient (Wildman–Crippen LogP) is 2.60. The molecule has 100 valence electrons. The second-order valence-electron chi connectivity index (χ2n) is 5.17. The van der Waals surface area contributed by atoms with E-state index in [1.54, 1.807) is 7.11 Å². The molecule has 1 fully saturated rings. The van der Waals surface area contributed by atoms with Crippen LogP contribution in [-0.4, -0.2) is 36.8 Å². The molecule has 1 aliphatic carbocycles. The molecule has 1 N–H and O–H groups in total. The van der Waals surface area contributed by atoms with Gasteiger partial charge >= 0.3 is 0 Å². The normalized spacial score (nSPS) is 18.2. The highest BCUT2D eigenvalue weighted by Gasteiger charge is 2.21. The Labute approximate surface area is 109 Å². The Balaban J connectivity index is 1.91. The maximum atomic E-state index is 10.2. The van der Waals surface area contributed by atoms with E-state index in [2.05, 4.69) is 11.9 Å². The summed E-state index contributed by atoms with van der Waals surface area (Å²) in [5.41, 5.74) is 0.959. The molecule has 0 aliphatic heterocycles. The lowest BCUT2D eigenvalue weighted by Gasteiger charge is -2.26. The Hall–Kier alpha value is -1.06. The van der Waals surface area contributed by atoms with Crippen molar-refractivity contribution < 1.29 is 9.84 Å². The average molecular weight is 249 g/mol. The van der Waals surface area contributed by atoms with Crippen molar-refractivity contribution >= 4 is 0 Å². The first-order valence-corrected chi connectivity index (χ1v) is 6.73. The fourth-order valence-corrected chi connectivity index (χ4v) is 2.70. The van der Waals surface area contributed by atoms with Crippen LogP contribution in [0.15, 0.2) is 24.3 Å². The summed E-state index contributed by atoms with van der Waals surface area (Å²) in [4.78, 5) is 2.29. The number of hydrogen-bond donors (Lipinski definition) is 1. The van der Waals surface area contributed by atoms with E-state index >= 15 is 0 Å². The van der Waals surface area contributed by atoms with Crippen molar-refractivity contribution in [2.45, 2.75) is 37.8 Å². The van der Waals surface area contributed by atoms with Crippen LogP contribution in [0.3, 0.4) is 0 Å². The minimum Gasteiger partial charge on any atom is -0.497 e. The second-order valence-corrected chi connectivity index (χ2v) is 5.17. The lowest BCUT2D eigenvalue weighted by atomic mass is 10.1. The zero-order valence-electron chi connectivity index (χ0n) is 11.3. The minimum atomic E-state index is -0.415. The van der Waals surface area contributed by atoms with Crippen molar-refractivity contribution in [2.75, 3.05) is 20.7 Å². The number of rotatable bonds is 5. The van der Waals surface area contributed by atoms with Crippen LogP contribution in [-0.2, 0) is 0 Å². The van der Waals surface area contributed by atoms with E-state index in [0.29, 0.717) is 12.6 Å². The van der Waals surface area contributed by atoms with E-state index in [0.717, 1.165) is 11.3 Å². The smallest absolute Gasteiger partial charge is 0.118 e. The van der Waals surface area contributed by atoms with Crippen molar-refractivity contribution in [3.63, 3.8) is 0 Å². The molecule has 0 spiro atoms. The zero-order chi connectivity index (χ0) is 13.0. The maximum absolute atomic E-state index is 10.2. The summed E-state index contributed by atoms with van der Waals surface area (Å²) in [6.07, 6.45) is 4.78. The largest absolute Gasteiger partial charge is 0.497 e. The quantitative estimate of drug-likeness (QED) is 0.870. The van der Waals surface area contributed by atoms with E-state index < -0.39 is 6.10 Å². The zero-order valence-corrected chi connectivity index (χ0v) is 11.3. The van der Waals surface area contributed by atoms with Gasteiger partial charge in [-0.2, -0.15) is 0 Å². The Morgan fingerprint density at radius 1 is 1.28 bits per heavy atom. The number of aliphatic hydroxyl groups excluding tert-OH is 1. The van der Waals surface area contributed by atoms with E-state index in [9.17, 15) is 5.11 Å². The highest BCUT2D eigenvalue weighted by atomic mass is 16.5. The third-order valence-electron chi connectivity index (χ3n) is 3.91. The Morgan fingerprint density at radius 2 is 1.89 bits per heavy atom. The molecule has 3 heteroatoms. The van der Waals surface area contributed by atoms with Crippen molar-refractivity contribution in [3.8, 4) is 5.75 Å². The van der Waals surface area contributed by atoms with Crippen LogP contribution in [0.25, 0.3) is 0 Å². The van der Waals surface area contributed by atoms with Crippen LogP contribution in [0.2, 0.25) is 0 Å². The molecule has 1 saturated carbocycles. The molecule has 0 amide bonds. The highest BCUT2D eigenvalue weighted by molar-refractivity contribution is 5.28. The molecule has 1 aromatic carbocycles. The van der Waals surface area contributed by atoms with Crippen LogP contribution in [0.4, 0.5) is 0 Å². The molecule has 1 aromatic rings. The molecule has 18 heavy (non-hydrogen) atoms. The van der Waals surface area contributed by atoms with E-state index in [1.165, 1.54) is 25.7 Å². The van der Waals surface area contributed by atoms with E-state index in [-0.39, 0.29) is 0 Å². The average Bonchev–Trinajstić information content (AvgIpc) is 2.92. The topological polar surface area (TPSA) is 32.7 Å². The van der Waals surface area contributed by atoms with Crippen LogP contribution >= 0.6 is 0 Å². The molecule has 0 saturated heterocycles.